The molecule has 2 aromatic heterocycles. The van der Waals surface area contributed by atoms with Crippen LogP contribution in [0.1, 0.15) is 47.4 Å². The third-order valence-corrected chi connectivity index (χ3v) is 7.37. The van der Waals surface area contributed by atoms with Gasteiger partial charge in [-0.25, -0.2) is 0 Å². The normalized spacial score (nSPS) is 15.5. The largest absolute Gasteiger partial charge is 0.451 e. The van der Waals surface area contributed by atoms with Crippen molar-refractivity contribution in [2.75, 3.05) is 50.8 Å². The second-order valence-electron chi connectivity index (χ2n) is 9.99. The van der Waals surface area contributed by atoms with Gasteiger partial charge in [0.1, 0.15) is 5.58 Å². The molecule has 3 N–H and O–H groups in total. The maximum atomic E-state index is 11.4. The number of primary amides is 1. The van der Waals surface area contributed by atoms with Crippen molar-refractivity contribution in [2.45, 2.75) is 32.1 Å². The van der Waals surface area contributed by atoms with Crippen LogP contribution in [0.5, 0.6) is 0 Å². The summed E-state index contributed by atoms with van der Waals surface area (Å²) in [4.78, 5) is 19.6. The van der Waals surface area contributed by atoms with E-state index in [1.54, 1.807) is 6.07 Å². The second-order valence-corrected chi connectivity index (χ2v) is 9.99. The molecule has 6 rings (SSSR count). The molecule has 8 nitrogen and oxygen atoms in total. The first-order valence-electron chi connectivity index (χ1n) is 13.5. The highest BCUT2D eigenvalue weighted by Gasteiger charge is 2.18. The minimum atomic E-state index is -0.544. The number of nitrogens with zero attached hydrogens (tertiary/aromatic N) is 3. The van der Waals surface area contributed by atoms with Gasteiger partial charge in [-0.05, 0) is 86.7 Å². The summed E-state index contributed by atoms with van der Waals surface area (Å²) in [7, 11) is 0. The number of fused-ring (bicyclic) bond motifs is 2. The molecule has 0 atom stereocenters. The van der Waals surface area contributed by atoms with Gasteiger partial charge in [-0.2, -0.15) is 5.26 Å². The molecular formula is C30H36ClN5O3. The molecule has 2 saturated heterocycles. The Morgan fingerprint density at radius 2 is 1.82 bits per heavy atom. The quantitative estimate of drug-likeness (QED) is 0.305. The van der Waals surface area contributed by atoms with Crippen LogP contribution in [0.3, 0.4) is 0 Å². The molecule has 1 amide bonds. The smallest absolute Gasteiger partial charge is 0.284 e. The third kappa shape index (κ3) is 7.12. The number of ether oxygens (including phenoxy) is 1. The van der Waals surface area contributed by atoms with Crippen LogP contribution >= 0.6 is 12.4 Å². The lowest BCUT2D eigenvalue weighted by Gasteiger charge is -2.36. The molecule has 9 heteroatoms. The van der Waals surface area contributed by atoms with E-state index in [1.807, 2.05) is 30.3 Å². The van der Waals surface area contributed by atoms with E-state index in [1.165, 1.54) is 23.8 Å². The second kappa shape index (κ2) is 13.5. The Hall–Kier alpha value is -3.51. The van der Waals surface area contributed by atoms with Gasteiger partial charge in [0.15, 0.2) is 5.76 Å². The zero-order valence-corrected chi connectivity index (χ0v) is 23.0. The van der Waals surface area contributed by atoms with E-state index in [-0.39, 0.29) is 18.2 Å². The number of nitrogens with one attached hydrogen (secondary N) is 1. The van der Waals surface area contributed by atoms with Crippen molar-refractivity contribution in [2.24, 2.45) is 5.73 Å². The number of furan rings is 1. The van der Waals surface area contributed by atoms with Gasteiger partial charge in [-0.3, -0.25) is 9.69 Å². The van der Waals surface area contributed by atoms with Crippen LogP contribution < -0.4 is 10.6 Å². The van der Waals surface area contributed by atoms with Gasteiger partial charge in [0.25, 0.3) is 5.91 Å². The van der Waals surface area contributed by atoms with Gasteiger partial charge in [-0.15, -0.1) is 12.4 Å². The number of piperazine rings is 1. The van der Waals surface area contributed by atoms with E-state index >= 15 is 0 Å². The molecule has 2 aliphatic rings. The van der Waals surface area contributed by atoms with Crippen LogP contribution in [-0.4, -0.2) is 61.7 Å². The number of unbranched alkanes of at least 4 members (excludes halogenated alkanes) is 1. The van der Waals surface area contributed by atoms with Crippen LogP contribution in [-0.2, 0) is 11.2 Å². The summed E-state index contributed by atoms with van der Waals surface area (Å²) >= 11 is 0. The van der Waals surface area contributed by atoms with Crippen LogP contribution in [0.4, 0.5) is 5.69 Å². The van der Waals surface area contributed by atoms with E-state index < -0.39 is 5.91 Å². The van der Waals surface area contributed by atoms with Crippen molar-refractivity contribution in [3.63, 3.8) is 0 Å². The maximum absolute atomic E-state index is 11.4. The van der Waals surface area contributed by atoms with E-state index in [0.717, 1.165) is 81.8 Å². The number of hydrogen-bond donors (Lipinski definition) is 2. The number of carbonyl (C=O) groups is 1. The Morgan fingerprint density at radius 3 is 2.51 bits per heavy atom. The Labute approximate surface area is 235 Å². The molecule has 0 saturated carbocycles. The standard InChI is InChI=1S/C26H27N5O2.C4H8O.ClH/c27-16-18-4-6-23-22(13-18)19(17-29-23)3-1-2-8-30-9-11-31(12-10-30)21-5-7-24-20(14-21)15-25(33-24)26(28)32;1-2-4-5-3-1;/h4-7,13-15,17,29H,1-3,8-12H2,(H2,28,32);1-4H2;1H. The number of hydrogen-bond acceptors (Lipinski definition) is 6. The number of aryl methyl sites for hydroxylation is 1. The van der Waals surface area contributed by atoms with Crippen LogP contribution in [0.25, 0.3) is 21.9 Å². The minimum absolute atomic E-state index is 0. The SMILES string of the molecule is C1CCOC1.Cl.N#Cc1ccc2[nH]cc(CCCCN3CCN(c4ccc5oc(C(N)=O)cc5c4)CC3)c2c1. The van der Waals surface area contributed by atoms with Crippen LogP contribution in [0.15, 0.2) is 53.1 Å². The monoisotopic (exact) mass is 549 g/mol. The Kier molecular flexibility index (Phi) is 9.88. The van der Waals surface area contributed by atoms with Crippen molar-refractivity contribution in [3.8, 4) is 6.07 Å². The molecular weight excluding hydrogens is 514 g/mol. The molecule has 0 spiro atoms. The molecule has 0 aliphatic carbocycles. The number of rotatable bonds is 7. The molecule has 0 unspecified atom stereocenters. The summed E-state index contributed by atoms with van der Waals surface area (Å²) in [6.45, 7) is 7.13. The molecule has 206 valence electrons. The van der Waals surface area contributed by atoms with Crippen molar-refractivity contribution in [1.29, 1.82) is 5.26 Å². The number of nitrogens with two attached hydrogens (primary N) is 1. The van der Waals surface area contributed by atoms with Gasteiger partial charge < -0.3 is 24.8 Å². The fraction of sp³-hybridized carbons (Fsp3) is 0.400. The lowest BCUT2D eigenvalue weighted by atomic mass is 10.1. The minimum Gasteiger partial charge on any atom is -0.451 e. The van der Waals surface area contributed by atoms with Crippen molar-refractivity contribution < 1.29 is 13.9 Å². The summed E-state index contributed by atoms with van der Waals surface area (Å²) < 4.78 is 10.4. The fourth-order valence-electron chi connectivity index (χ4n) is 5.19. The van der Waals surface area contributed by atoms with Gasteiger partial charge in [-0.1, -0.05) is 0 Å². The number of benzene rings is 2. The van der Waals surface area contributed by atoms with Crippen molar-refractivity contribution in [3.05, 3.63) is 65.5 Å². The fourth-order valence-corrected chi connectivity index (χ4v) is 5.19. The third-order valence-electron chi connectivity index (χ3n) is 7.37. The van der Waals surface area contributed by atoms with Gasteiger partial charge in [0.2, 0.25) is 0 Å². The lowest BCUT2D eigenvalue weighted by molar-refractivity contribution is 0.0976. The van der Waals surface area contributed by atoms with E-state index in [0.29, 0.717) is 11.1 Å². The number of nitriles is 1. The van der Waals surface area contributed by atoms with E-state index in [2.05, 4.69) is 33.1 Å². The lowest BCUT2D eigenvalue weighted by Crippen LogP contribution is -2.46. The zero-order chi connectivity index (χ0) is 26.3. The average Bonchev–Trinajstić information content (AvgIpc) is 3.73. The number of aromatic nitrogens is 1. The Balaban J connectivity index is 0.000000530. The predicted octanol–water partition coefficient (Wildman–Crippen LogP) is 5.25. The number of halogens is 1. The zero-order valence-electron chi connectivity index (χ0n) is 22.2. The topological polar surface area (TPSA) is 112 Å². The molecule has 2 aromatic carbocycles. The number of amides is 1. The molecule has 2 aliphatic heterocycles. The van der Waals surface area contributed by atoms with Gasteiger partial charge in [0, 0.05) is 67.6 Å². The molecule has 2 fully saturated rings. The molecule has 0 bridgehead atoms. The van der Waals surface area contributed by atoms with Gasteiger partial charge in [0.05, 0.1) is 11.6 Å². The summed E-state index contributed by atoms with van der Waals surface area (Å²) in [6.07, 6.45) is 7.94. The highest BCUT2D eigenvalue weighted by molar-refractivity contribution is 5.95. The first-order valence-corrected chi connectivity index (χ1v) is 13.5. The highest BCUT2D eigenvalue weighted by atomic mass is 35.5. The first-order chi connectivity index (χ1) is 18.6. The predicted molar refractivity (Wildman–Crippen MR) is 157 cm³/mol. The summed E-state index contributed by atoms with van der Waals surface area (Å²) in [5.41, 5.74) is 10.3. The molecule has 4 aromatic rings. The summed E-state index contributed by atoms with van der Waals surface area (Å²) in [5.74, 6) is -0.344. The molecule has 0 radical (unpaired) electrons. The van der Waals surface area contributed by atoms with Crippen LogP contribution in [0, 0.1) is 11.3 Å². The number of H-pyrrole nitrogens is 1. The number of aromatic amines is 1. The highest BCUT2D eigenvalue weighted by Crippen LogP contribution is 2.26. The summed E-state index contributed by atoms with van der Waals surface area (Å²) in [6, 6.07) is 15.8. The number of anilines is 1. The molecule has 39 heavy (non-hydrogen) atoms. The maximum Gasteiger partial charge on any atom is 0.284 e. The first kappa shape index (κ1) is 28.5. The Morgan fingerprint density at radius 1 is 1.03 bits per heavy atom. The van der Waals surface area contributed by atoms with E-state index in [9.17, 15) is 4.79 Å². The average molecular weight is 550 g/mol. The Bertz CT molecular complexity index is 1420. The van der Waals surface area contributed by atoms with Crippen molar-refractivity contribution >= 4 is 45.9 Å². The number of carbonyl (C=O) groups excluding carboxylic acids is 1. The van der Waals surface area contributed by atoms with E-state index in [4.69, 9.17) is 20.1 Å². The van der Waals surface area contributed by atoms with Crippen molar-refractivity contribution in [1.82, 2.24) is 9.88 Å². The summed E-state index contributed by atoms with van der Waals surface area (Å²) in [5, 5.41) is 11.2. The van der Waals surface area contributed by atoms with Gasteiger partial charge >= 0.3 is 0 Å². The van der Waals surface area contributed by atoms with Crippen LogP contribution in [0.2, 0.25) is 0 Å². The molecule has 4 heterocycles.